The van der Waals surface area contributed by atoms with Crippen molar-refractivity contribution in [2.75, 3.05) is 6.61 Å². The van der Waals surface area contributed by atoms with Gasteiger partial charge in [0.05, 0.1) is 5.69 Å². The highest BCUT2D eigenvalue weighted by Crippen LogP contribution is 2.25. The van der Waals surface area contributed by atoms with Crippen LogP contribution in [0.15, 0.2) is 5.38 Å². The van der Waals surface area contributed by atoms with E-state index in [4.69, 9.17) is 4.74 Å². The molecule has 1 aromatic rings. The largest absolute Gasteiger partial charge is 0.371 e. The highest BCUT2D eigenvalue weighted by Gasteiger charge is 2.14. The first-order valence-electron chi connectivity index (χ1n) is 5.37. The van der Waals surface area contributed by atoms with Crippen molar-refractivity contribution < 1.29 is 4.74 Å². The normalized spacial score (nSPS) is 13.1. The quantitative estimate of drug-likeness (QED) is 0.720. The Morgan fingerprint density at radius 1 is 1.43 bits per heavy atom. The first-order valence-corrected chi connectivity index (χ1v) is 6.25. The van der Waals surface area contributed by atoms with E-state index in [9.17, 15) is 0 Å². The SMILES string of the molecule is CCCC(OCC)c1nc(CC)cs1. The number of thiazole rings is 1. The number of ether oxygens (including phenoxy) is 1. The Labute approximate surface area is 90.3 Å². The van der Waals surface area contributed by atoms with Crippen LogP contribution in [0.5, 0.6) is 0 Å². The fourth-order valence-corrected chi connectivity index (χ4v) is 2.36. The molecule has 3 heteroatoms. The highest BCUT2D eigenvalue weighted by molar-refractivity contribution is 7.09. The van der Waals surface area contributed by atoms with E-state index in [2.05, 4.69) is 24.2 Å². The van der Waals surface area contributed by atoms with Crippen LogP contribution in [-0.4, -0.2) is 11.6 Å². The Morgan fingerprint density at radius 2 is 2.21 bits per heavy atom. The molecule has 0 aliphatic heterocycles. The standard InChI is InChI=1S/C11H19NOS/c1-4-7-10(13-6-3)11-12-9(5-2)8-14-11/h8,10H,4-7H2,1-3H3. The van der Waals surface area contributed by atoms with Crippen molar-refractivity contribution in [1.29, 1.82) is 0 Å². The Morgan fingerprint density at radius 3 is 2.71 bits per heavy atom. The first-order chi connectivity index (χ1) is 6.81. The molecule has 0 radical (unpaired) electrons. The van der Waals surface area contributed by atoms with Crippen LogP contribution in [0.3, 0.4) is 0 Å². The van der Waals surface area contributed by atoms with Gasteiger partial charge in [0.1, 0.15) is 11.1 Å². The number of aryl methyl sites for hydroxylation is 1. The van der Waals surface area contributed by atoms with Crippen molar-refractivity contribution in [2.45, 2.75) is 46.1 Å². The van der Waals surface area contributed by atoms with Crippen molar-refractivity contribution in [3.05, 3.63) is 16.1 Å². The molecule has 2 nitrogen and oxygen atoms in total. The third-order valence-corrected chi connectivity index (χ3v) is 3.11. The van der Waals surface area contributed by atoms with Gasteiger partial charge in [-0.05, 0) is 19.8 Å². The summed E-state index contributed by atoms with van der Waals surface area (Å²) in [5.41, 5.74) is 1.19. The zero-order valence-electron chi connectivity index (χ0n) is 9.25. The number of aromatic nitrogens is 1. The lowest BCUT2D eigenvalue weighted by atomic mass is 10.2. The van der Waals surface area contributed by atoms with Crippen molar-refractivity contribution in [3.8, 4) is 0 Å². The molecule has 0 aromatic carbocycles. The highest BCUT2D eigenvalue weighted by atomic mass is 32.1. The van der Waals surface area contributed by atoms with E-state index in [-0.39, 0.29) is 6.10 Å². The van der Waals surface area contributed by atoms with Gasteiger partial charge in [0.2, 0.25) is 0 Å². The zero-order valence-corrected chi connectivity index (χ0v) is 10.1. The second-order valence-corrected chi connectivity index (χ2v) is 4.15. The van der Waals surface area contributed by atoms with E-state index in [0.29, 0.717) is 0 Å². The van der Waals surface area contributed by atoms with E-state index >= 15 is 0 Å². The summed E-state index contributed by atoms with van der Waals surface area (Å²) in [7, 11) is 0. The molecule has 0 aliphatic rings. The third-order valence-electron chi connectivity index (χ3n) is 2.13. The third kappa shape index (κ3) is 3.07. The topological polar surface area (TPSA) is 22.1 Å². The van der Waals surface area contributed by atoms with E-state index in [1.54, 1.807) is 11.3 Å². The van der Waals surface area contributed by atoms with Crippen LogP contribution in [0.1, 0.15) is 50.4 Å². The number of hydrogen-bond donors (Lipinski definition) is 0. The van der Waals surface area contributed by atoms with Gasteiger partial charge in [-0.1, -0.05) is 20.3 Å². The van der Waals surface area contributed by atoms with Crippen molar-refractivity contribution in [2.24, 2.45) is 0 Å². The molecule has 0 fully saturated rings. The van der Waals surface area contributed by atoms with Gasteiger partial charge in [-0.3, -0.25) is 0 Å². The Bertz CT molecular complexity index is 254. The average Bonchev–Trinajstić information content (AvgIpc) is 2.65. The maximum atomic E-state index is 5.67. The molecule has 0 saturated carbocycles. The van der Waals surface area contributed by atoms with Gasteiger partial charge in [-0.15, -0.1) is 11.3 Å². The molecule has 0 bridgehead atoms. The van der Waals surface area contributed by atoms with Crippen LogP contribution >= 0.6 is 11.3 Å². The molecule has 1 aromatic heterocycles. The van der Waals surface area contributed by atoms with Crippen LogP contribution in [0.25, 0.3) is 0 Å². The molecule has 80 valence electrons. The monoisotopic (exact) mass is 213 g/mol. The van der Waals surface area contributed by atoms with Crippen LogP contribution in [-0.2, 0) is 11.2 Å². The molecule has 1 unspecified atom stereocenters. The maximum absolute atomic E-state index is 5.67. The number of hydrogen-bond acceptors (Lipinski definition) is 3. The number of rotatable bonds is 6. The van der Waals surface area contributed by atoms with Gasteiger partial charge in [0, 0.05) is 12.0 Å². The van der Waals surface area contributed by atoms with E-state index in [0.717, 1.165) is 30.9 Å². The summed E-state index contributed by atoms with van der Waals surface area (Å²) in [6.45, 7) is 7.12. The van der Waals surface area contributed by atoms with Gasteiger partial charge in [0.25, 0.3) is 0 Å². The second kappa shape index (κ2) is 6.14. The predicted molar refractivity (Wildman–Crippen MR) is 60.8 cm³/mol. The molecule has 0 N–H and O–H groups in total. The Hall–Kier alpha value is -0.410. The molecular formula is C11H19NOS. The molecule has 1 atom stereocenters. The first kappa shape index (κ1) is 11.7. The van der Waals surface area contributed by atoms with Gasteiger partial charge < -0.3 is 4.74 Å². The average molecular weight is 213 g/mol. The Kier molecular flexibility index (Phi) is 5.12. The molecule has 0 saturated heterocycles. The summed E-state index contributed by atoms with van der Waals surface area (Å²) in [6.07, 6.45) is 3.45. The van der Waals surface area contributed by atoms with Gasteiger partial charge in [-0.25, -0.2) is 4.98 Å². The summed E-state index contributed by atoms with van der Waals surface area (Å²) in [5.74, 6) is 0. The van der Waals surface area contributed by atoms with Gasteiger partial charge >= 0.3 is 0 Å². The minimum Gasteiger partial charge on any atom is -0.371 e. The lowest BCUT2D eigenvalue weighted by molar-refractivity contribution is 0.0554. The summed E-state index contributed by atoms with van der Waals surface area (Å²) in [6, 6.07) is 0. The van der Waals surface area contributed by atoms with Crippen molar-refractivity contribution in [3.63, 3.8) is 0 Å². The summed E-state index contributed by atoms with van der Waals surface area (Å²) < 4.78 is 5.67. The minimum absolute atomic E-state index is 0.218. The second-order valence-electron chi connectivity index (χ2n) is 3.26. The van der Waals surface area contributed by atoms with Crippen LogP contribution in [0.4, 0.5) is 0 Å². The zero-order chi connectivity index (χ0) is 10.4. The lowest BCUT2D eigenvalue weighted by Crippen LogP contribution is -2.03. The van der Waals surface area contributed by atoms with Gasteiger partial charge in [0.15, 0.2) is 0 Å². The van der Waals surface area contributed by atoms with Crippen LogP contribution in [0, 0.1) is 0 Å². The molecule has 1 heterocycles. The molecule has 0 aliphatic carbocycles. The summed E-state index contributed by atoms with van der Waals surface area (Å²) >= 11 is 1.73. The molecular weight excluding hydrogens is 194 g/mol. The molecule has 1 rings (SSSR count). The molecule has 0 spiro atoms. The van der Waals surface area contributed by atoms with E-state index in [1.165, 1.54) is 5.69 Å². The predicted octanol–water partition coefficient (Wildman–Crippen LogP) is 3.58. The maximum Gasteiger partial charge on any atom is 0.122 e. The van der Waals surface area contributed by atoms with E-state index in [1.807, 2.05) is 6.92 Å². The fraction of sp³-hybridized carbons (Fsp3) is 0.727. The fourth-order valence-electron chi connectivity index (χ4n) is 1.37. The number of nitrogens with zero attached hydrogens (tertiary/aromatic N) is 1. The van der Waals surface area contributed by atoms with Crippen LogP contribution < -0.4 is 0 Å². The van der Waals surface area contributed by atoms with Crippen molar-refractivity contribution in [1.82, 2.24) is 4.98 Å². The lowest BCUT2D eigenvalue weighted by Gasteiger charge is -2.12. The summed E-state index contributed by atoms with van der Waals surface area (Å²) in [5, 5.41) is 3.28. The minimum atomic E-state index is 0.218. The summed E-state index contributed by atoms with van der Waals surface area (Å²) in [4.78, 5) is 4.56. The smallest absolute Gasteiger partial charge is 0.122 e. The molecule has 0 amide bonds. The van der Waals surface area contributed by atoms with Gasteiger partial charge in [-0.2, -0.15) is 0 Å². The van der Waals surface area contributed by atoms with E-state index < -0.39 is 0 Å². The van der Waals surface area contributed by atoms with Crippen molar-refractivity contribution >= 4 is 11.3 Å². The molecule has 14 heavy (non-hydrogen) atoms. The van der Waals surface area contributed by atoms with Crippen LogP contribution in [0.2, 0.25) is 0 Å². The Balaban J connectivity index is 2.65.